The van der Waals surface area contributed by atoms with Crippen LogP contribution >= 0.6 is 11.9 Å². The van der Waals surface area contributed by atoms with E-state index in [-0.39, 0.29) is 23.7 Å². The molecular weight excluding hydrogens is 446 g/mol. The zero-order valence-electron chi connectivity index (χ0n) is 19.4. The summed E-state index contributed by atoms with van der Waals surface area (Å²) in [4.78, 5) is 27.4. The Hall–Kier alpha value is -2.61. The van der Waals surface area contributed by atoms with Crippen LogP contribution in [0.25, 0.3) is 22.0 Å². The highest BCUT2D eigenvalue weighted by atomic mass is 32.2. The number of nitrogens with zero attached hydrogens (tertiary/aromatic N) is 3. The minimum atomic E-state index is -0.156. The lowest BCUT2D eigenvalue weighted by Crippen LogP contribution is -2.58. The lowest BCUT2D eigenvalue weighted by Gasteiger charge is -2.46. The smallest absolute Gasteiger partial charge is 0.250 e. The Balaban J connectivity index is 1.10. The van der Waals surface area contributed by atoms with Crippen LogP contribution in [0.5, 0.6) is 0 Å². The number of carbonyl (C=O) groups excluding carboxylic acids is 1. The quantitative estimate of drug-likeness (QED) is 0.533. The number of piperidine rings is 1. The molecule has 1 aromatic heterocycles. The van der Waals surface area contributed by atoms with E-state index in [4.69, 9.17) is 4.74 Å². The third kappa shape index (κ3) is 4.17. The molecule has 3 heterocycles. The number of pyridine rings is 1. The number of ether oxygens (including phenoxy) is 1. The molecule has 2 aromatic carbocycles. The molecule has 2 aliphatic heterocycles. The second-order valence-electron chi connectivity index (χ2n) is 9.77. The molecule has 3 aromatic rings. The number of hydrogen-bond acceptors (Lipinski definition) is 5. The van der Waals surface area contributed by atoms with Crippen molar-refractivity contribution in [1.29, 1.82) is 0 Å². The first-order valence-electron chi connectivity index (χ1n) is 12.1. The maximum Gasteiger partial charge on any atom is 0.250 e. The van der Waals surface area contributed by atoms with Crippen molar-refractivity contribution in [2.24, 2.45) is 7.05 Å². The molecule has 0 radical (unpaired) electrons. The van der Waals surface area contributed by atoms with Crippen LogP contribution in [0, 0.1) is 0 Å². The molecule has 0 bridgehead atoms. The molecule has 1 saturated carbocycles. The van der Waals surface area contributed by atoms with Gasteiger partial charge in [0, 0.05) is 37.1 Å². The lowest BCUT2D eigenvalue weighted by molar-refractivity contribution is -0.170. The van der Waals surface area contributed by atoms with Crippen LogP contribution in [0.15, 0.2) is 64.3 Å². The van der Waals surface area contributed by atoms with Crippen molar-refractivity contribution in [2.75, 3.05) is 26.2 Å². The Morgan fingerprint density at radius 3 is 2.41 bits per heavy atom. The van der Waals surface area contributed by atoms with Gasteiger partial charge in [-0.15, -0.1) is 0 Å². The highest BCUT2D eigenvalue weighted by Gasteiger charge is 2.46. The van der Waals surface area contributed by atoms with E-state index in [1.54, 1.807) is 22.6 Å². The molecule has 3 aliphatic rings. The minimum Gasteiger partial charge on any atom is -0.363 e. The van der Waals surface area contributed by atoms with Gasteiger partial charge in [0.2, 0.25) is 5.91 Å². The number of hydrogen-bond donors (Lipinski definition) is 0. The second kappa shape index (κ2) is 8.56. The van der Waals surface area contributed by atoms with Crippen molar-refractivity contribution in [1.82, 2.24) is 13.8 Å². The molecule has 6 rings (SSSR count). The van der Waals surface area contributed by atoms with Gasteiger partial charge in [-0.3, -0.25) is 9.59 Å². The van der Waals surface area contributed by atoms with E-state index < -0.39 is 0 Å². The molecule has 7 heteroatoms. The summed E-state index contributed by atoms with van der Waals surface area (Å²) >= 11 is 1.80. The fourth-order valence-corrected chi connectivity index (χ4v) is 6.09. The van der Waals surface area contributed by atoms with Crippen molar-refractivity contribution >= 4 is 28.8 Å². The molecule has 6 nitrogen and oxygen atoms in total. The Bertz CT molecular complexity index is 1290. The zero-order chi connectivity index (χ0) is 23.3. The molecule has 3 fully saturated rings. The summed E-state index contributed by atoms with van der Waals surface area (Å²) in [5.41, 5.74) is 3.11. The van der Waals surface area contributed by atoms with Gasteiger partial charge in [0.15, 0.2) is 0 Å². The third-order valence-corrected chi connectivity index (χ3v) is 8.56. The standard InChI is InChI=1S/C27H29N3O3S/c1-28-24-10-4-20(16-21(24)5-11-25(28)31)19-2-8-23(9-3-19)34-29-14-12-27(13-15-29)18-30(22-6-7-22)26(32)17-33-27/h2-5,8-11,16,22H,6-7,12-15,17-18H2,1H3. The number of aryl methyl sites for hydroxylation is 1. The normalized spacial score (nSPS) is 20.9. The number of morpholine rings is 1. The summed E-state index contributed by atoms with van der Waals surface area (Å²) in [6.07, 6.45) is 4.24. The molecule has 0 N–H and O–H groups in total. The van der Waals surface area contributed by atoms with Crippen LogP contribution in [0.4, 0.5) is 0 Å². The predicted octanol–water partition coefficient (Wildman–Crippen LogP) is 4.07. The monoisotopic (exact) mass is 475 g/mol. The first-order chi connectivity index (χ1) is 16.5. The van der Waals surface area contributed by atoms with Crippen LogP contribution in [0.3, 0.4) is 0 Å². The zero-order valence-corrected chi connectivity index (χ0v) is 20.2. The van der Waals surface area contributed by atoms with E-state index in [1.165, 1.54) is 4.90 Å². The second-order valence-corrected chi connectivity index (χ2v) is 10.9. The Morgan fingerprint density at radius 2 is 1.68 bits per heavy atom. The van der Waals surface area contributed by atoms with Crippen molar-refractivity contribution in [3.05, 3.63) is 65.0 Å². The van der Waals surface area contributed by atoms with Crippen molar-refractivity contribution in [3.63, 3.8) is 0 Å². The largest absolute Gasteiger partial charge is 0.363 e. The molecule has 2 saturated heterocycles. The van der Waals surface area contributed by atoms with E-state index in [1.807, 2.05) is 19.2 Å². The predicted molar refractivity (Wildman–Crippen MR) is 135 cm³/mol. The fraction of sp³-hybridized carbons (Fsp3) is 0.407. The van der Waals surface area contributed by atoms with Crippen LogP contribution < -0.4 is 5.56 Å². The lowest BCUT2D eigenvalue weighted by atomic mass is 9.90. The van der Waals surface area contributed by atoms with Gasteiger partial charge in [-0.2, -0.15) is 0 Å². The van der Waals surface area contributed by atoms with E-state index in [9.17, 15) is 9.59 Å². The Morgan fingerprint density at radius 1 is 0.941 bits per heavy atom. The summed E-state index contributed by atoms with van der Waals surface area (Å²) in [5.74, 6) is 0.167. The molecule has 0 unspecified atom stereocenters. The van der Waals surface area contributed by atoms with E-state index >= 15 is 0 Å². The van der Waals surface area contributed by atoms with Crippen molar-refractivity contribution in [3.8, 4) is 11.1 Å². The van der Waals surface area contributed by atoms with Gasteiger partial charge in [0.25, 0.3) is 5.56 Å². The third-order valence-electron chi connectivity index (χ3n) is 7.45. The summed E-state index contributed by atoms with van der Waals surface area (Å²) in [7, 11) is 1.81. The number of benzene rings is 2. The maximum absolute atomic E-state index is 12.2. The molecule has 176 valence electrons. The van der Waals surface area contributed by atoms with Gasteiger partial charge < -0.3 is 14.2 Å². The molecular formula is C27H29N3O3S. The maximum atomic E-state index is 12.2. The van der Waals surface area contributed by atoms with Gasteiger partial charge in [-0.25, -0.2) is 4.31 Å². The van der Waals surface area contributed by atoms with Gasteiger partial charge in [0.05, 0.1) is 17.7 Å². The number of fused-ring (bicyclic) bond motifs is 1. The highest BCUT2D eigenvalue weighted by molar-refractivity contribution is 7.97. The molecule has 1 spiro atoms. The topological polar surface area (TPSA) is 54.8 Å². The van der Waals surface area contributed by atoms with E-state index in [0.29, 0.717) is 6.04 Å². The van der Waals surface area contributed by atoms with Gasteiger partial charge in [0.1, 0.15) is 6.61 Å². The summed E-state index contributed by atoms with van der Waals surface area (Å²) < 4.78 is 10.2. The van der Waals surface area contributed by atoms with E-state index in [2.05, 4.69) is 45.6 Å². The molecule has 34 heavy (non-hydrogen) atoms. The van der Waals surface area contributed by atoms with Crippen LogP contribution in [0.2, 0.25) is 0 Å². The van der Waals surface area contributed by atoms with Gasteiger partial charge in [-0.1, -0.05) is 18.2 Å². The minimum absolute atomic E-state index is 0.00837. The van der Waals surface area contributed by atoms with Crippen molar-refractivity contribution in [2.45, 2.75) is 42.2 Å². The van der Waals surface area contributed by atoms with Crippen LogP contribution in [-0.2, 0) is 16.6 Å². The first-order valence-corrected chi connectivity index (χ1v) is 12.8. The Kier molecular flexibility index (Phi) is 5.51. The molecule has 1 amide bonds. The van der Waals surface area contributed by atoms with Crippen LogP contribution in [0.1, 0.15) is 25.7 Å². The van der Waals surface area contributed by atoms with Crippen molar-refractivity contribution < 1.29 is 9.53 Å². The summed E-state index contributed by atoms with van der Waals surface area (Å²) in [6.45, 7) is 2.94. The first kappa shape index (κ1) is 21.9. The summed E-state index contributed by atoms with van der Waals surface area (Å²) in [6, 6.07) is 18.9. The van der Waals surface area contributed by atoms with Gasteiger partial charge in [-0.05, 0) is 84.5 Å². The molecule has 1 aliphatic carbocycles. The average molecular weight is 476 g/mol. The Labute approximate surface area is 203 Å². The number of carbonyl (C=O) groups is 1. The number of aromatic nitrogens is 1. The number of amides is 1. The molecule has 0 atom stereocenters. The van der Waals surface area contributed by atoms with Crippen LogP contribution in [-0.4, -0.2) is 57.6 Å². The SMILES string of the molecule is Cn1c(=O)ccc2cc(-c3ccc(SN4CCC5(CC4)CN(C4CC4)C(=O)CO5)cc3)ccc21. The number of rotatable bonds is 4. The fourth-order valence-electron chi connectivity index (χ4n) is 5.17. The highest BCUT2D eigenvalue weighted by Crippen LogP contribution is 2.38. The van der Waals surface area contributed by atoms with Gasteiger partial charge >= 0.3 is 0 Å². The van der Waals surface area contributed by atoms with E-state index in [0.717, 1.165) is 67.3 Å². The summed E-state index contributed by atoms with van der Waals surface area (Å²) in [5, 5.41) is 1.06. The average Bonchev–Trinajstić information content (AvgIpc) is 3.71.